The Morgan fingerprint density at radius 3 is 1.47 bits per heavy atom. The van der Waals surface area contributed by atoms with Crippen molar-refractivity contribution in [3.63, 3.8) is 0 Å². The first-order valence-corrected chi connectivity index (χ1v) is 32.9. The third-order valence-electron chi connectivity index (χ3n) is 15.5. The van der Waals surface area contributed by atoms with Gasteiger partial charge >= 0.3 is 5.97 Å². The van der Waals surface area contributed by atoms with E-state index in [1.165, 1.54) is 99.1 Å². The molecule has 0 bridgehead atoms. The van der Waals surface area contributed by atoms with E-state index >= 15 is 0 Å². The minimum absolute atomic E-state index is 0.0375. The lowest BCUT2D eigenvalue weighted by molar-refractivity contribution is -0.137. The zero-order chi connectivity index (χ0) is 56.2. The van der Waals surface area contributed by atoms with Crippen LogP contribution in [0.4, 0.5) is 0 Å². The summed E-state index contributed by atoms with van der Waals surface area (Å²) in [6.07, 6.45) is 9.93. The quantitative estimate of drug-likeness (QED) is 0.0731. The van der Waals surface area contributed by atoms with E-state index in [1.807, 2.05) is 113 Å². The van der Waals surface area contributed by atoms with Crippen LogP contribution in [0.3, 0.4) is 0 Å². The molecule has 2 aromatic heterocycles. The number of hydrogen-bond acceptors (Lipinski definition) is 11. The fraction of sp³-hybridized carbons (Fsp3) is 0.344. The van der Waals surface area contributed by atoms with Crippen molar-refractivity contribution in [1.29, 1.82) is 0 Å². The monoisotopic (exact) mass is 1160 g/mol. The van der Waals surface area contributed by atoms with Crippen LogP contribution in [0.2, 0.25) is 0 Å². The van der Waals surface area contributed by atoms with Crippen LogP contribution < -0.4 is 14.8 Å². The van der Waals surface area contributed by atoms with Gasteiger partial charge in [-0.05, 0) is 145 Å². The van der Waals surface area contributed by atoms with E-state index in [0.717, 1.165) is 53.2 Å². The van der Waals surface area contributed by atoms with Gasteiger partial charge in [-0.25, -0.2) is 26.3 Å². The predicted octanol–water partition coefficient (Wildman–Crippen LogP) is 11.6. The van der Waals surface area contributed by atoms with Gasteiger partial charge in [0.1, 0.15) is 0 Å². The molecule has 424 valence electrons. The summed E-state index contributed by atoms with van der Waals surface area (Å²) in [5.74, 6) is -1.11. The Kier molecular flexibility index (Phi) is 19.6. The van der Waals surface area contributed by atoms with Gasteiger partial charge in [0, 0.05) is 65.2 Å². The molecule has 0 unspecified atom stereocenters. The molecular weight excluding hydrogens is 1090 g/mol. The van der Waals surface area contributed by atoms with E-state index in [1.54, 1.807) is 69.9 Å². The fourth-order valence-electron chi connectivity index (χ4n) is 11.2. The average molecular weight is 1170 g/mol. The van der Waals surface area contributed by atoms with Crippen molar-refractivity contribution in [2.75, 3.05) is 39.3 Å². The lowest BCUT2D eigenvalue weighted by atomic mass is 10.0. The molecule has 0 saturated carbocycles. The average Bonchev–Trinajstić information content (AvgIpc) is 4.15. The zero-order valence-electron chi connectivity index (χ0n) is 45.7. The molecular formula is C64H72N6O7S4. The summed E-state index contributed by atoms with van der Waals surface area (Å²) in [5.41, 5.74) is 4.18. The lowest BCUT2D eigenvalue weighted by Gasteiger charge is -2.29. The lowest BCUT2D eigenvalue weighted by Crippen LogP contribution is -2.38. The summed E-state index contributed by atoms with van der Waals surface area (Å²) in [5, 5.41) is 16.2. The maximum atomic E-state index is 13.6. The van der Waals surface area contributed by atoms with E-state index in [0.29, 0.717) is 18.7 Å². The van der Waals surface area contributed by atoms with Gasteiger partial charge in [0.2, 0.25) is 26.0 Å². The number of benzene rings is 6. The number of amides is 1. The van der Waals surface area contributed by atoms with Crippen molar-refractivity contribution >= 4 is 76.1 Å². The second kappa shape index (κ2) is 27.3. The van der Waals surface area contributed by atoms with Crippen LogP contribution >= 0.6 is 22.7 Å². The molecule has 8 aromatic rings. The first-order valence-electron chi connectivity index (χ1n) is 28.3. The van der Waals surface area contributed by atoms with Gasteiger partial charge in [-0.3, -0.25) is 19.4 Å². The Balaban J connectivity index is 0.000000152. The Morgan fingerprint density at radius 2 is 0.975 bits per heavy atom. The highest BCUT2D eigenvalue weighted by molar-refractivity contribution is 7.89. The van der Waals surface area contributed by atoms with Crippen LogP contribution in [0.15, 0.2) is 168 Å². The Morgan fingerprint density at radius 1 is 0.519 bits per heavy atom. The van der Waals surface area contributed by atoms with Gasteiger partial charge in [-0.2, -0.15) is 0 Å². The highest BCUT2D eigenvalue weighted by Gasteiger charge is 2.30. The fourth-order valence-corrected chi connectivity index (χ4v) is 16.2. The molecule has 6 heterocycles. The van der Waals surface area contributed by atoms with Crippen LogP contribution in [0.25, 0.3) is 21.5 Å². The van der Waals surface area contributed by atoms with Crippen LogP contribution in [0.5, 0.6) is 0 Å². The third kappa shape index (κ3) is 15.7. The standard InChI is InChI=1S/C32H35N3O3S2.C19H17NO4S.C13H20N2S/c36-32(35-18-15-31-27(22-35)19-28(39-31)23-34-16-7-2-8-17-34)21-30(25-10-3-1-4-11-25)33-40(37,38)29-14-13-24-9-5-6-12-26(24)20-29;21-19(22)13-18(15-7-2-1-3-8-15)20-25(23,24)17-11-10-14-6-4-5-9-16(14)12-17;1-2-6-15(7-3-1)10-12-8-11-9-14-5-4-13(11)16-12/h1,3-6,9-14,19-20,30,33H,2,7-8,15-18,21-23H2;1-12,18,20H,13H2,(H,21,22);8,14H,1-7,9-10H2/t30-;18-;/m11./s1. The number of thiophene rings is 2. The molecule has 0 spiro atoms. The number of nitrogens with zero attached hydrogens (tertiary/aromatic N) is 3. The maximum Gasteiger partial charge on any atom is 0.305 e. The van der Waals surface area contributed by atoms with Gasteiger partial charge in [0.15, 0.2) is 0 Å². The number of hydrogen-bond donors (Lipinski definition) is 4. The molecule has 2 atom stereocenters. The third-order valence-corrected chi connectivity index (χ3v) is 20.9. The molecule has 1 amide bonds. The van der Waals surface area contributed by atoms with Gasteiger partial charge in [-0.15, -0.1) is 22.7 Å². The number of likely N-dealkylation sites (tertiary alicyclic amines) is 2. The molecule has 17 heteroatoms. The smallest absolute Gasteiger partial charge is 0.305 e. The van der Waals surface area contributed by atoms with Crippen LogP contribution in [-0.2, 0) is 68.7 Å². The van der Waals surface area contributed by atoms with E-state index < -0.39 is 38.1 Å². The topological polar surface area (TPSA) is 168 Å². The summed E-state index contributed by atoms with van der Waals surface area (Å²) >= 11 is 3.94. The molecule has 13 nitrogen and oxygen atoms in total. The summed E-state index contributed by atoms with van der Waals surface area (Å²) in [7, 11) is -7.72. The van der Waals surface area contributed by atoms with Crippen molar-refractivity contribution in [2.24, 2.45) is 0 Å². The number of fused-ring (bicyclic) bond motifs is 4. The SMILES string of the molecule is O=C(C[C@@H](NS(=O)(=O)c1ccc2ccccc2c1)c1ccccc1)N1CCc2sc(CN3CCCCC3)cc2C1.O=C(O)C[C@@H](NS(=O)(=O)c1ccc2ccccc2c1)c1ccccc1.c1c(CN2CCCCC2)sc2c1CNCC2. The Hall–Kier alpha value is -6.12. The molecule has 2 fully saturated rings. The molecule has 2 saturated heterocycles. The summed E-state index contributed by atoms with van der Waals surface area (Å²) in [6.45, 7) is 10.6. The molecule has 0 aliphatic carbocycles. The molecule has 4 N–H and O–H groups in total. The number of aliphatic carboxylic acids is 1. The first-order chi connectivity index (χ1) is 39.3. The van der Waals surface area contributed by atoms with E-state index in [-0.39, 0.29) is 28.5 Å². The molecule has 4 aliphatic heterocycles. The number of carboxylic acid groups (broad SMARTS) is 1. The minimum Gasteiger partial charge on any atom is -0.481 e. The van der Waals surface area contributed by atoms with Crippen molar-refractivity contribution < 1.29 is 31.5 Å². The number of carbonyl (C=O) groups excluding carboxylic acids is 1. The van der Waals surface area contributed by atoms with Crippen molar-refractivity contribution in [3.8, 4) is 0 Å². The maximum absolute atomic E-state index is 13.6. The highest BCUT2D eigenvalue weighted by Crippen LogP contribution is 2.32. The van der Waals surface area contributed by atoms with E-state index in [2.05, 4.69) is 36.7 Å². The second-order valence-electron chi connectivity index (χ2n) is 21.5. The second-order valence-corrected chi connectivity index (χ2v) is 27.3. The van der Waals surface area contributed by atoms with Crippen molar-refractivity contribution in [2.45, 2.75) is 112 Å². The number of piperidine rings is 2. The predicted molar refractivity (Wildman–Crippen MR) is 325 cm³/mol. The molecule has 81 heavy (non-hydrogen) atoms. The molecule has 4 aliphatic rings. The van der Waals surface area contributed by atoms with Gasteiger partial charge < -0.3 is 15.3 Å². The van der Waals surface area contributed by atoms with Crippen LogP contribution in [-0.4, -0.2) is 87.8 Å². The summed E-state index contributed by atoms with van der Waals surface area (Å²) in [6, 6.07) is 46.4. The Bertz CT molecular complexity index is 3610. The largest absolute Gasteiger partial charge is 0.481 e. The van der Waals surface area contributed by atoms with Crippen LogP contribution in [0, 0.1) is 0 Å². The number of carboxylic acids is 1. The van der Waals surface area contributed by atoms with Crippen molar-refractivity contribution in [1.82, 2.24) is 29.5 Å². The first kappa shape index (κ1) is 58.1. The van der Waals surface area contributed by atoms with E-state index in [4.69, 9.17) is 5.11 Å². The van der Waals surface area contributed by atoms with Crippen LogP contribution in [0.1, 0.15) is 105 Å². The normalized spacial score (nSPS) is 16.7. The molecule has 0 radical (unpaired) electrons. The number of sulfonamides is 2. The molecule has 6 aromatic carbocycles. The number of carbonyl (C=O) groups is 2. The Labute approximate surface area is 485 Å². The van der Waals surface area contributed by atoms with Gasteiger partial charge in [0.25, 0.3) is 0 Å². The summed E-state index contributed by atoms with van der Waals surface area (Å²) in [4.78, 5) is 38.1. The van der Waals surface area contributed by atoms with Gasteiger partial charge in [0.05, 0.1) is 28.3 Å². The highest BCUT2D eigenvalue weighted by atomic mass is 32.2. The summed E-state index contributed by atoms with van der Waals surface area (Å²) < 4.78 is 57.9. The van der Waals surface area contributed by atoms with Crippen molar-refractivity contribution in [3.05, 3.63) is 199 Å². The zero-order valence-corrected chi connectivity index (χ0v) is 48.9. The number of nitrogens with one attached hydrogen (secondary N) is 3. The minimum atomic E-state index is -3.86. The number of rotatable bonds is 16. The van der Waals surface area contributed by atoms with E-state index in [9.17, 15) is 26.4 Å². The molecule has 12 rings (SSSR count). The van der Waals surface area contributed by atoms with Gasteiger partial charge in [-0.1, -0.05) is 134 Å².